The van der Waals surface area contributed by atoms with E-state index >= 15 is 0 Å². The Morgan fingerprint density at radius 2 is 0.715 bits per heavy atom. The van der Waals surface area contributed by atoms with Crippen molar-refractivity contribution in [1.82, 2.24) is 75.8 Å². The second kappa shape index (κ2) is 38.9. The van der Waals surface area contributed by atoms with Crippen molar-refractivity contribution in [2.45, 2.75) is 56.7 Å². The van der Waals surface area contributed by atoms with Crippen LogP contribution in [0.3, 0.4) is 0 Å². The summed E-state index contributed by atoms with van der Waals surface area (Å²) < 4.78 is 16.4. The predicted octanol–water partition coefficient (Wildman–Crippen LogP) is 9.74. The zero-order chi connectivity index (χ0) is 84.5. The number of amides is 5. The van der Waals surface area contributed by atoms with Crippen LogP contribution in [0.2, 0.25) is 0 Å². The SMILES string of the molecule is C=CC(=C)NC1CN(c2ccnc(CC(=O)Nc3ccc(-c4cc5c(N6CCOCC6)ncnc5[nH]4)cc3)c2)C1.C=CC(=O)NC1CCCN(c2ccnc(CC(=O)Nc3ccc(-c4cc5c(N6CCOCC6)ncnc5[nH]4)cc3)c2)C1.C=CC(=O)NC1CCN(c2ccnc(CC(=O)Nc3ccc(-c4cc5c(N6CCOCC6)ncnc5[nH]4)cc3)c2)C1. The van der Waals surface area contributed by atoms with Crippen molar-refractivity contribution in [2.24, 2.45) is 0 Å². The van der Waals surface area contributed by atoms with E-state index in [1.165, 1.54) is 12.2 Å². The second-order valence-electron chi connectivity index (χ2n) is 30.8. The number of piperidine rings is 1. The van der Waals surface area contributed by atoms with Crippen molar-refractivity contribution < 1.29 is 38.2 Å². The first-order valence-corrected chi connectivity index (χ1v) is 41.4. The van der Waals surface area contributed by atoms with E-state index in [4.69, 9.17) is 14.2 Å². The van der Waals surface area contributed by atoms with Gasteiger partial charge in [-0.15, -0.1) is 0 Å². The Kier molecular flexibility index (Phi) is 26.1. The zero-order valence-electron chi connectivity index (χ0n) is 68.3. The molecule has 0 saturated carbocycles. The first-order chi connectivity index (χ1) is 60.2. The van der Waals surface area contributed by atoms with Gasteiger partial charge in [0, 0.05) is 166 Å². The fraction of sp³-hybridized carbons (Fsp3) is 0.297. The summed E-state index contributed by atoms with van der Waals surface area (Å²) in [6, 6.07) is 41.6. The van der Waals surface area contributed by atoms with Gasteiger partial charge in [-0.2, -0.15) is 0 Å². The van der Waals surface area contributed by atoms with E-state index in [9.17, 15) is 24.0 Å². The van der Waals surface area contributed by atoms with Crippen LogP contribution in [0.25, 0.3) is 66.9 Å². The van der Waals surface area contributed by atoms with E-state index in [0.29, 0.717) is 81.5 Å². The van der Waals surface area contributed by atoms with Gasteiger partial charge in [0.1, 0.15) is 53.4 Å². The monoisotopic (exact) mass is 1650 g/mol. The summed E-state index contributed by atoms with van der Waals surface area (Å²) in [4.78, 5) is 125. The van der Waals surface area contributed by atoms with Gasteiger partial charge in [-0.1, -0.05) is 62.7 Å². The maximum absolute atomic E-state index is 12.9. The average Bonchev–Trinajstić information content (AvgIpc) is 1.75. The Hall–Kier alpha value is -14.2. The van der Waals surface area contributed by atoms with Crippen LogP contribution < -0.4 is 61.3 Å². The molecular weight excluding hydrogens is 1560 g/mol. The van der Waals surface area contributed by atoms with Crippen LogP contribution in [-0.4, -0.2) is 226 Å². The molecule has 12 aromatic rings. The van der Waals surface area contributed by atoms with Crippen molar-refractivity contribution in [2.75, 3.05) is 164 Å². The maximum atomic E-state index is 12.9. The average molecular weight is 1660 g/mol. The topological polar surface area (TPSA) is 368 Å². The van der Waals surface area contributed by atoms with Crippen LogP contribution in [0.1, 0.15) is 36.3 Å². The molecule has 0 aliphatic carbocycles. The number of morpholine rings is 3. The zero-order valence-corrected chi connectivity index (χ0v) is 68.3. The molecule has 630 valence electrons. The minimum absolute atomic E-state index is 0.0660. The number of pyridine rings is 3. The first-order valence-electron chi connectivity index (χ1n) is 41.4. The summed E-state index contributed by atoms with van der Waals surface area (Å²) in [7, 11) is 0. The molecule has 32 nitrogen and oxygen atoms in total. The van der Waals surface area contributed by atoms with Gasteiger partial charge in [0.25, 0.3) is 0 Å². The number of allylic oxidation sites excluding steroid dienone is 1. The molecule has 15 heterocycles. The van der Waals surface area contributed by atoms with E-state index in [-0.39, 0.29) is 60.9 Å². The molecule has 0 bridgehead atoms. The van der Waals surface area contributed by atoms with E-state index in [1.807, 2.05) is 109 Å². The summed E-state index contributed by atoms with van der Waals surface area (Å²) in [5.74, 6) is 2.02. The lowest BCUT2D eigenvalue weighted by molar-refractivity contribution is -0.118. The number of nitrogens with one attached hydrogen (secondary N) is 9. The number of nitrogens with zero attached hydrogens (tertiary/aromatic N) is 15. The van der Waals surface area contributed by atoms with Crippen molar-refractivity contribution in [3.8, 4) is 33.8 Å². The Bertz CT molecular complexity index is 5790. The Morgan fingerprint density at radius 1 is 0.374 bits per heavy atom. The van der Waals surface area contributed by atoms with Gasteiger partial charge in [-0.25, -0.2) is 29.9 Å². The highest BCUT2D eigenvalue weighted by atomic mass is 16.5. The van der Waals surface area contributed by atoms with Gasteiger partial charge < -0.3 is 90.5 Å². The summed E-state index contributed by atoms with van der Waals surface area (Å²) in [6.07, 6.45) is 17.6. The van der Waals surface area contributed by atoms with Crippen LogP contribution in [-0.2, 0) is 57.4 Å². The lowest BCUT2D eigenvalue weighted by atomic mass is 10.0. The number of hydrogen-bond donors (Lipinski definition) is 9. The standard InChI is InChI=1S/C31H34N8O3.C30H32N8O3.C30H32N8O2/c1-2-28(40)36-23-4-3-11-39(19-23)25-9-10-32-24(16-25)17-29(41)35-22-7-5-21(6-8-22)27-18-26-30(37-27)33-20-34-31(26)38-12-14-42-15-13-38;1-2-27(39)35-22-8-10-38(18-22)24-7-9-31-23(15-24)16-28(40)34-21-5-3-20(4-6-21)26-17-25-29(36-26)32-19-33-30(25)37-11-13-41-14-12-37;1-3-20(2)34-24-17-38(18-24)25-8-9-31-23(14-25)15-28(39)35-22-6-4-21(5-7-22)27-16-26-29(36-27)32-19-33-30(26)37-10-12-40-13-11-37/h2,5-10,16,18,20,23H,1,3-4,11-15,17,19H2,(H,35,41)(H,36,40)(H,33,34,37);2-7,9,15,17,19,22H,1,8,10-14,16,18H2,(H,34,40)(H,35,39)(H,32,33,36);3-9,14,16,19,24,34H,1-2,10-13,15,17-18H2,(H,35,39)(H,32,33,36). The molecular formula is C91H98N24O8. The van der Waals surface area contributed by atoms with Crippen LogP contribution in [0.4, 0.5) is 51.6 Å². The van der Waals surface area contributed by atoms with Crippen LogP contribution in [0.5, 0.6) is 0 Å². The Balaban J connectivity index is 0.000000137. The number of fused-ring (bicyclic) bond motifs is 3. The highest BCUT2D eigenvalue weighted by molar-refractivity contribution is 5.98. The third-order valence-electron chi connectivity index (χ3n) is 22.3. The highest BCUT2D eigenvalue weighted by Gasteiger charge is 2.30. The number of benzene rings is 3. The third kappa shape index (κ3) is 20.8. The number of ether oxygens (including phenoxy) is 3. The molecule has 9 N–H and O–H groups in total. The number of carbonyl (C=O) groups excluding carboxylic acids is 5. The Morgan fingerprint density at radius 3 is 1.07 bits per heavy atom. The molecule has 32 heteroatoms. The maximum Gasteiger partial charge on any atom is 0.243 e. The predicted molar refractivity (Wildman–Crippen MR) is 478 cm³/mol. The number of aromatic amines is 3. The van der Waals surface area contributed by atoms with Crippen molar-refractivity contribution in [3.05, 3.63) is 232 Å². The third-order valence-corrected chi connectivity index (χ3v) is 22.3. The molecule has 2 atom stereocenters. The second-order valence-corrected chi connectivity index (χ2v) is 30.8. The van der Waals surface area contributed by atoms with E-state index in [2.05, 4.69) is 166 Å². The van der Waals surface area contributed by atoms with E-state index in [1.54, 1.807) is 43.6 Å². The van der Waals surface area contributed by atoms with Gasteiger partial charge >= 0.3 is 0 Å². The minimum atomic E-state index is -0.162. The summed E-state index contributed by atoms with van der Waals surface area (Å²) >= 11 is 0. The molecule has 0 spiro atoms. The molecule has 6 fully saturated rings. The molecule has 123 heavy (non-hydrogen) atoms. The van der Waals surface area contributed by atoms with E-state index < -0.39 is 0 Å². The molecule has 18 rings (SSSR count). The number of hydrogen-bond acceptors (Lipinski definition) is 24. The molecule has 0 radical (unpaired) electrons. The molecule has 3 aromatic carbocycles. The lowest BCUT2D eigenvalue weighted by Gasteiger charge is -2.42. The number of carbonyl (C=O) groups is 5. The molecule has 6 saturated heterocycles. The molecule has 6 aliphatic heterocycles. The van der Waals surface area contributed by atoms with Crippen LogP contribution in [0, 0.1) is 0 Å². The van der Waals surface area contributed by atoms with Crippen LogP contribution in [0.15, 0.2) is 215 Å². The summed E-state index contributed by atoms with van der Waals surface area (Å²) in [6.45, 7) is 28.5. The number of aromatic nitrogens is 12. The molecule has 5 amide bonds. The van der Waals surface area contributed by atoms with Gasteiger partial charge in [0.05, 0.1) is 98.2 Å². The normalized spacial score (nSPS) is 16.6. The summed E-state index contributed by atoms with van der Waals surface area (Å²) in [5, 5.41) is 21.1. The fourth-order valence-electron chi connectivity index (χ4n) is 16.0. The van der Waals surface area contributed by atoms with Gasteiger partial charge in [-0.3, -0.25) is 38.9 Å². The molecule has 9 aromatic heterocycles. The molecule has 2 unspecified atom stereocenters. The van der Waals surface area contributed by atoms with Gasteiger partial charge in [0.15, 0.2) is 0 Å². The fourth-order valence-corrected chi connectivity index (χ4v) is 16.0. The van der Waals surface area contributed by atoms with Gasteiger partial charge in [0.2, 0.25) is 29.5 Å². The van der Waals surface area contributed by atoms with E-state index in [0.717, 1.165) is 203 Å². The van der Waals surface area contributed by atoms with Crippen LogP contribution >= 0.6 is 0 Å². The van der Waals surface area contributed by atoms with Crippen molar-refractivity contribution in [3.63, 3.8) is 0 Å². The largest absolute Gasteiger partial charge is 0.379 e. The quantitative estimate of drug-likeness (QED) is 0.0190. The number of rotatable bonds is 25. The lowest BCUT2D eigenvalue weighted by Crippen LogP contribution is -2.57. The number of anilines is 9. The molecule has 6 aliphatic rings. The summed E-state index contributed by atoms with van der Waals surface area (Å²) in [5.41, 5.74) is 16.3. The van der Waals surface area contributed by atoms with Gasteiger partial charge in [-0.05, 0) is 145 Å². The highest BCUT2D eigenvalue weighted by Crippen LogP contribution is 2.35. The van der Waals surface area contributed by atoms with Crippen molar-refractivity contribution >= 4 is 114 Å². The van der Waals surface area contributed by atoms with Crippen molar-refractivity contribution in [1.29, 1.82) is 0 Å². The first kappa shape index (κ1) is 82.5. The minimum Gasteiger partial charge on any atom is -0.379 e. The Labute approximate surface area is 710 Å². The smallest absolute Gasteiger partial charge is 0.243 e. The number of H-pyrrole nitrogens is 3.